The highest BCUT2D eigenvalue weighted by Gasteiger charge is 2.46. The summed E-state index contributed by atoms with van der Waals surface area (Å²) in [5.41, 5.74) is 0.0561. The zero-order valence-corrected chi connectivity index (χ0v) is 18.8. The fourth-order valence-corrected chi connectivity index (χ4v) is 4.40. The molecule has 2 aliphatic heterocycles. The van der Waals surface area contributed by atoms with E-state index in [1.165, 1.54) is 17.4 Å². The molecule has 9 heteroatoms. The van der Waals surface area contributed by atoms with Gasteiger partial charge in [0.2, 0.25) is 5.54 Å². The fourth-order valence-electron chi connectivity index (χ4n) is 4.40. The first-order valence-corrected chi connectivity index (χ1v) is 11.2. The average molecular weight is 460 g/mol. The van der Waals surface area contributed by atoms with Crippen molar-refractivity contribution in [2.24, 2.45) is 0 Å². The van der Waals surface area contributed by atoms with E-state index < -0.39 is 17.5 Å². The van der Waals surface area contributed by atoms with Crippen LogP contribution in [0.4, 0.5) is 4.79 Å². The van der Waals surface area contributed by atoms with Gasteiger partial charge in [-0.2, -0.15) is 0 Å². The van der Waals surface area contributed by atoms with Crippen LogP contribution in [0.1, 0.15) is 24.1 Å². The molecule has 1 atom stereocenters. The second-order valence-electron chi connectivity index (χ2n) is 8.62. The number of nitrogens with one attached hydrogen (secondary N) is 2. The SMILES string of the molecule is COc1ccc2cn(C[C@@]3(C#Cc4ccc(CN5CCCC5)nc4)NC(=O)NC3=O)c(O)c2c1. The summed E-state index contributed by atoms with van der Waals surface area (Å²) in [4.78, 5) is 31.6. The molecule has 34 heavy (non-hydrogen) atoms. The highest BCUT2D eigenvalue weighted by atomic mass is 16.5. The lowest BCUT2D eigenvalue weighted by Gasteiger charge is -2.20. The Morgan fingerprint density at radius 2 is 2.03 bits per heavy atom. The Labute approximate surface area is 196 Å². The highest BCUT2D eigenvalue weighted by Crippen LogP contribution is 2.32. The molecule has 3 N–H and O–H groups in total. The second-order valence-corrected chi connectivity index (χ2v) is 8.62. The van der Waals surface area contributed by atoms with Gasteiger partial charge >= 0.3 is 6.03 Å². The zero-order chi connectivity index (χ0) is 23.7. The molecule has 0 spiro atoms. The summed E-state index contributed by atoms with van der Waals surface area (Å²) in [6, 6.07) is 8.47. The van der Waals surface area contributed by atoms with E-state index in [0.29, 0.717) is 16.7 Å². The van der Waals surface area contributed by atoms with Gasteiger partial charge in [-0.25, -0.2) is 4.79 Å². The van der Waals surface area contributed by atoms with Crippen molar-refractivity contribution in [1.82, 2.24) is 25.1 Å². The molecule has 174 valence electrons. The van der Waals surface area contributed by atoms with Crippen LogP contribution < -0.4 is 15.4 Å². The molecule has 0 unspecified atom stereocenters. The van der Waals surface area contributed by atoms with Crippen LogP contribution in [0.25, 0.3) is 10.8 Å². The van der Waals surface area contributed by atoms with Crippen molar-refractivity contribution in [2.75, 3.05) is 20.2 Å². The van der Waals surface area contributed by atoms with Gasteiger partial charge in [0.05, 0.1) is 19.3 Å². The number of hydrogen-bond donors (Lipinski definition) is 3. The Hall–Kier alpha value is -4.03. The smallest absolute Gasteiger partial charge is 0.323 e. The molecule has 0 saturated carbocycles. The number of amides is 3. The highest BCUT2D eigenvalue weighted by molar-refractivity contribution is 6.09. The van der Waals surface area contributed by atoms with Crippen molar-refractivity contribution < 1.29 is 19.4 Å². The van der Waals surface area contributed by atoms with E-state index in [-0.39, 0.29) is 12.4 Å². The van der Waals surface area contributed by atoms with Crippen molar-refractivity contribution in [2.45, 2.75) is 31.5 Å². The van der Waals surface area contributed by atoms with E-state index in [1.807, 2.05) is 18.2 Å². The normalized spacial score (nSPS) is 20.1. The Morgan fingerprint density at radius 3 is 2.71 bits per heavy atom. The Kier molecular flexibility index (Phi) is 5.59. The van der Waals surface area contributed by atoms with Crippen LogP contribution in [0.5, 0.6) is 11.6 Å². The number of rotatable bonds is 5. The van der Waals surface area contributed by atoms with E-state index in [0.717, 1.165) is 30.7 Å². The second kappa shape index (κ2) is 8.72. The summed E-state index contributed by atoms with van der Waals surface area (Å²) in [6.07, 6.45) is 5.83. The minimum Gasteiger partial charge on any atom is -0.497 e. The molecular formula is C25H25N5O4. The topological polar surface area (TPSA) is 109 Å². The molecule has 0 aliphatic carbocycles. The maximum atomic E-state index is 12.8. The number of imide groups is 1. The molecule has 2 aliphatic rings. The Balaban J connectivity index is 1.42. The number of aromatic nitrogens is 2. The Morgan fingerprint density at radius 1 is 1.21 bits per heavy atom. The van der Waals surface area contributed by atoms with Gasteiger partial charge in [-0.1, -0.05) is 11.8 Å². The summed E-state index contributed by atoms with van der Waals surface area (Å²) in [6.45, 7) is 2.92. The number of aromatic hydroxyl groups is 1. The maximum absolute atomic E-state index is 12.8. The van der Waals surface area contributed by atoms with Crippen LogP contribution in [0.3, 0.4) is 0 Å². The van der Waals surface area contributed by atoms with E-state index in [2.05, 4.69) is 32.4 Å². The summed E-state index contributed by atoms with van der Waals surface area (Å²) in [5.74, 6) is 5.88. The number of benzene rings is 1. The third-order valence-electron chi connectivity index (χ3n) is 6.25. The molecule has 1 aromatic carbocycles. The van der Waals surface area contributed by atoms with Crippen LogP contribution in [0, 0.1) is 11.8 Å². The van der Waals surface area contributed by atoms with Crippen LogP contribution in [0.15, 0.2) is 42.7 Å². The molecule has 2 fully saturated rings. The minimum atomic E-state index is -1.54. The number of likely N-dealkylation sites (tertiary alicyclic amines) is 1. The van der Waals surface area contributed by atoms with Crippen molar-refractivity contribution in [1.29, 1.82) is 0 Å². The number of ether oxygens (including phenoxy) is 1. The molecule has 3 aromatic rings. The predicted molar refractivity (Wildman–Crippen MR) is 125 cm³/mol. The first-order chi connectivity index (χ1) is 16.5. The van der Waals surface area contributed by atoms with Crippen LogP contribution in [-0.2, 0) is 17.9 Å². The van der Waals surface area contributed by atoms with E-state index in [4.69, 9.17) is 4.74 Å². The monoisotopic (exact) mass is 459 g/mol. The van der Waals surface area contributed by atoms with Gasteiger partial charge < -0.3 is 19.7 Å². The number of hydrogen-bond acceptors (Lipinski definition) is 6. The quantitative estimate of drug-likeness (QED) is 0.398. The third kappa shape index (κ3) is 4.16. The van der Waals surface area contributed by atoms with Gasteiger partial charge in [0.15, 0.2) is 5.88 Å². The van der Waals surface area contributed by atoms with Crippen LogP contribution in [-0.4, -0.2) is 57.2 Å². The van der Waals surface area contributed by atoms with Crippen LogP contribution in [0.2, 0.25) is 0 Å². The maximum Gasteiger partial charge on any atom is 0.323 e. The third-order valence-corrected chi connectivity index (χ3v) is 6.25. The first-order valence-electron chi connectivity index (χ1n) is 11.2. The predicted octanol–water partition coefficient (Wildman–Crippen LogP) is 1.98. The lowest BCUT2D eigenvalue weighted by Crippen LogP contribution is -2.49. The van der Waals surface area contributed by atoms with Gasteiger partial charge in [0.25, 0.3) is 5.91 Å². The molecule has 5 rings (SSSR count). The lowest BCUT2D eigenvalue weighted by molar-refractivity contribution is -0.122. The number of carbonyl (C=O) groups excluding carboxylic acids is 2. The summed E-state index contributed by atoms with van der Waals surface area (Å²) in [5, 5.41) is 17.0. The Bertz CT molecular complexity index is 1310. The number of pyridine rings is 1. The lowest BCUT2D eigenvalue weighted by atomic mass is 10.00. The number of fused-ring (bicyclic) bond motifs is 1. The fraction of sp³-hybridized carbons (Fsp3) is 0.320. The van der Waals surface area contributed by atoms with Gasteiger partial charge in [-0.3, -0.25) is 20.0 Å². The summed E-state index contributed by atoms with van der Waals surface area (Å²) in [7, 11) is 1.55. The number of urea groups is 1. The van der Waals surface area contributed by atoms with Crippen molar-refractivity contribution in [3.05, 3.63) is 54.0 Å². The van der Waals surface area contributed by atoms with Gasteiger partial charge in [0.1, 0.15) is 5.75 Å². The zero-order valence-electron chi connectivity index (χ0n) is 18.8. The number of methoxy groups -OCH3 is 1. The van der Waals surface area contributed by atoms with Gasteiger partial charge in [0, 0.05) is 35.3 Å². The van der Waals surface area contributed by atoms with Crippen molar-refractivity contribution in [3.8, 4) is 23.5 Å². The number of carbonyl (C=O) groups is 2. The summed E-state index contributed by atoms with van der Waals surface area (Å²) < 4.78 is 6.73. The van der Waals surface area contributed by atoms with Gasteiger partial charge in [-0.15, -0.1) is 0 Å². The minimum absolute atomic E-state index is 0.0445. The van der Waals surface area contributed by atoms with E-state index >= 15 is 0 Å². The van der Waals surface area contributed by atoms with Crippen LogP contribution >= 0.6 is 0 Å². The molecule has 3 amide bonds. The van der Waals surface area contributed by atoms with Gasteiger partial charge in [-0.05, 0) is 56.3 Å². The van der Waals surface area contributed by atoms with Crippen molar-refractivity contribution in [3.63, 3.8) is 0 Å². The molecule has 2 aromatic heterocycles. The molecule has 4 heterocycles. The molecule has 9 nitrogen and oxygen atoms in total. The molecule has 2 saturated heterocycles. The summed E-state index contributed by atoms with van der Waals surface area (Å²) >= 11 is 0. The standard InChI is InChI=1S/C25H25N5O4/c1-34-20-7-5-18-14-30(22(31)21(18)12-20)16-25(23(32)27-24(33)28-25)9-8-17-4-6-19(26-13-17)15-29-10-2-3-11-29/h4-7,12-14,31H,2-3,10-11,15-16H2,1H3,(H2,27,28,32,33)/t25-/m1/s1. The average Bonchev–Trinajstić information content (AvgIpc) is 3.52. The number of nitrogens with zero attached hydrogens (tertiary/aromatic N) is 3. The van der Waals surface area contributed by atoms with E-state index in [9.17, 15) is 14.7 Å². The molecular weight excluding hydrogens is 434 g/mol. The molecule has 0 bridgehead atoms. The molecule has 0 radical (unpaired) electrons. The van der Waals surface area contributed by atoms with E-state index in [1.54, 1.807) is 31.6 Å². The first kappa shape index (κ1) is 21.8. The van der Waals surface area contributed by atoms with Crippen molar-refractivity contribution >= 4 is 22.7 Å². The largest absolute Gasteiger partial charge is 0.497 e.